The summed E-state index contributed by atoms with van der Waals surface area (Å²) in [6.45, 7) is 5.47. The molecule has 0 amide bonds. The Morgan fingerprint density at radius 3 is 1.50 bits per heavy atom. The van der Waals surface area contributed by atoms with E-state index in [-0.39, 0.29) is 30.8 Å². The van der Waals surface area contributed by atoms with Gasteiger partial charge in [0, 0.05) is 35.3 Å². The Bertz CT molecular complexity index is 1360. The Hall–Kier alpha value is -4.23. The van der Waals surface area contributed by atoms with Crippen molar-refractivity contribution in [1.29, 1.82) is 0 Å². The molecule has 0 heterocycles. The number of nitrogens with zero attached hydrogens (tertiary/aromatic N) is 1. The smallest absolute Gasteiger partial charge is 0.306 e. The highest BCUT2D eigenvalue weighted by Crippen LogP contribution is 2.27. The molecule has 0 saturated heterocycles. The molecular formula is C35H37F2NO4. The van der Waals surface area contributed by atoms with Gasteiger partial charge in [0.05, 0.1) is 5.92 Å². The fourth-order valence-corrected chi connectivity index (χ4v) is 4.85. The van der Waals surface area contributed by atoms with Crippen LogP contribution >= 0.6 is 0 Å². The van der Waals surface area contributed by atoms with E-state index >= 15 is 0 Å². The lowest BCUT2D eigenvalue weighted by atomic mass is 9.92. The average Bonchev–Trinajstić information content (AvgIpc) is 2.97. The Balaban J connectivity index is 1.55. The summed E-state index contributed by atoms with van der Waals surface area (Å²) in [5.74, 6) is -0.701. The molecule has 5 nitrogen and oxygen atoms in total. The number of benzene rings is 4. The molecule has 1 N–H and O–H groups in total. The number of carboxylic acids is 1. The molecule has 42 heavy (non-hydrogen) atoms. The van der Waals surface area contributed by atoms with E-state index in [0.717, 1.165) is 11.1 Å². The number of ether oxygens (including phenoxy) is 2. The van der Waals surface area contributed by atoms with Crippen LogP contribution in [0.5, 0.6) is 11.5 Å². The van der Waals surface area contributed by atoms with Crippen molar-refractivity contribution in [3.8, 4) is 11.5 Å². The molecule has 0 aliphatic rings. The van der Waals surface area contributed by atoms with Gasteiger partial charge in [-0.1, -0.05) is 86.6 Å². The predicted octanol–water partition coefficient (Wildman–Crippen LogP) is 7.87. The predicted molar refractivity (Wildman–Crippen MR) is 159 cm³/mol. The van der Waals surface area contributed by atoms with Crippen LogP contribution in [0.2, 0.25) is 0 Å². The molecule has 1 atom stereocenters. The van der Waals surface area contributed by atoms with Gasteiger partial charge in [-0.2, -0.15) is 0 Å². The van der Waals surface area contributed by atoms with Gasteiger partial charge in [0.2, 0.25) is 0 Å². The van der Waals surface area contributed by atoms with Crippen molar-refractivity contribution in [2.24, 2.45) is 11.8 Å². The Labute approximate surface area is 246 Å². The van der Waals surface area contributed by atoms with E-state index in [1.54, 1.807) is 36.4 Å². The van der Waals surface area contributed by atoms with Gasteiger partial charge >= 0.3 is 5.97 Å². The van der Waals surface area contributed by atoms with E-state index in [9.17, 15) is 18.7 Å². The summed E-state index contributed by atoms with van der Waals surface area (Å²) in [5, 5.41) is 9.81. The molecule has 0 radical (unpaired) electrons. The minimum Gasteiger partial charge on any atom is -0.488 e. The Morgan fingerprint density at radius 2 is 1.10 bits per heavy atom. The summed E-state index contributed by atoms with van der Waals surface area (Å²) in [6, 6.07) is 28.2. The van der Waals surface area contributed by atoms with Gasteiger partial charge < -0.3 is 14.6 Å². The molecule has 4 aromatic rings. The van der Waals surface area contributed by atoms with Crippen LogP contribution in [0.1, 0.15) is 42.5 Å². The zero-order valence-electron chi connectivity index (χ0n) is 24.0. The Kier molecular flexibility index (Phi) is 11.1. The second kappa shape index (κ2) is 15.1. The number of aliphatic carboxylic acids is 1. The van der Waals surface area contributed by atoms with Gasteiger partial charge in [-0.25, -0.2) is 8.78 Å². The number of para-hydroxylation sites is 2. The number of hydrogen-bond donors (Lipinski definition) is 1. The number of carboxylic acid groups (broad SMARTS) is 1. The van der Waals surface area contributed by atoms with Crippen LogP contribution in [0.25, 0.3) is 0 Å². The van der Waals surface area contributed by atoms with E-state index in [0.29, 0.717) is 48.7 Å². The minimum atomic E-state index is -0.813. The molecule has 0 bridgehead atoms. The van der Waals surface area contributed by atoms with E-state index in [2.05, 4.69) is 4.90 Å². The summed E-state index contributed by atoms with van der Waals surface area (Å²) >= 11 is 0. The molecule has 1 unspecified atom stereocenters. The summed E-state index contributed by atoms with van der Waals surface area (Å²) in [4.78, 5) is 14.1. The largest absolute Gasteiger partial charge is 0.488 e. The molecule has 4 aromatic carbocycles. The van der Waals surface area contributed by atoms with Crippen molar-refractivity contribution in [3.05, 3.63) is 131 Å². The van der Waals surface area contributed by atoms with Crippen molar-refractivity contribution in [3.63, 3.8) is 0 Å². The molecule has 0 saturated carbocycles. The second-order valence-electron chi connectivity index (χ2n) is 10.7. The van der Waals surface area contributed by atoms with Crippen molar-refractivity contribution >= 4 is 5.97 Å². The second-order valence-corrected chi connectivity index (χ2v) is 10.7. The van der Waals surface area contributed by atoms with E-state index in [1.165, 1.54) is 12.1 Å². The average molecular weight is 574 g/mol. The number of hydrogen-bond acceptors (Lipinski definition) is 4. The maximum Gasteiger partial charge on any atom is 0.306 e. The van der Waals surface area contributed by atoms with Gasteiger partial charge in [0.1, 0.15) is 36.3 Å². The van der Waals surface area contributed by atoms with Crippen molar-refractivity contribution in [2.45, 2.75) is 46.6 Å². The number of rotatable bonds is 15. The third-order valence-electron chi connectivity index (χ3n) is 7.29. The lowest BCUT2D eigenvalue weighted by Crippen LogP contribution is -2.29. The summed E-state index contributed by atoms with van der Waals surface area (Å²) in [6.07, 6.45) is 0.462. The summed E-state index contributed by atoms with van der Waals surface area (Å²) in [5.41, 5.74) is 2.72. The SMILES string of the molecule is CC(C)C(CCN(Cc1ccccc1OCc1ccccc1F)Cc1ccccc1OCc1ccccc1F)C(=O)O. The van der Waals surface area contributed by atoms with Crippen LogP contribution in [0.4, 0.5) is 8.78 Å². The van der Waals surface area contributed by atoms with E-state index in [4.69, 9.17) is 9.47 Å². The van der Waals surface area contributed by atoms with Crippen LogP contribution in [0.15, 0.2) is 97.1 Å². The van der Waals surface area contributed by atoms with Crippen LogP contribution in [0.3, 0.4) is 0 Å². The lowest BCUT2D eigenvalue weighted by Gasteiger charge is -2.27. The zero-order chi connectivity index (χ0) is 29.9. The minimum absolute atomic E-state index is 0.0165. The van der Waals surface area contributed by atoms with Crippen LogP contribution in [-0.4, -0.2) is 22.5 Å². The monoisotopic (exact) mass is 573 g/mol. The van der Waals surface area contributed by atoms with E-state index < -0.39 is 11.9 Å². The van der Waals surface area contributed by atoms with Crippen LogP contribution < -0.4 is 9.47 Å². The van der Waals surface area contributed by atoms with Gasteiger partial charge in [-0.15, -0.1) is 0 Å². The highest BCUT2D eigenvalue weighted by Gasteiger charge is 2.23. The molecule has 4 rings (SSSR count). The first-order valence-electron chi connectivity index (χ1n) is 14.1. The zero-order valence-corrected chi connectivity index (χ0v) is 24.0. The van der Waals surface area contributed by atoms with Gasteiger partial charge in [0.15, 0.2) is 0 Å². The first kappa shape index (κ1) is 30.7. The first-order chi connectivity index (χ1) is 20.3. The molecular weight excluding hydrogens is 536 g/mol. The normalized spacial score (nSPS) is 12.0. The highest BCUT2D eigenvalue weighted by atomic mass is 19.1. The third-order valence-corrected chi connectivity index (χ3v) is 7.29. The fraction of sp³-hybridized carbons (Fsp3) is 0.286. The highest BCUT2D eigenvalue weighted by molar-refractivity contribution is 5.70. The molecule has 220 valence electrons. The number of carbonyl (C=O) groups is 1. The molecule has 0 spiro atoms. The Morgan fingerprint density at radius 1 is 0.690 bits per heavy atom. The van der Waals surface area contributed by atoms with Gasteiger partial charge in [0.25, 0.3) is 0 Å². The molecule has 0 fully saturated rings. The maximum atomic E-state index is 14.2. The van der Waals surface area contributed by atoms with Crippen LogP contribution in [-0.2, 0) is 31.1 Å². The van der Waals surface area contributed by atoms with Crippen molar-refractivity contribution < 1.29 is 28.2 Å². The number of halogens is 2. The molecule has 0 aliphatic carbocycles. The topological polar surface area (TPSA) is 59.0 Å². The van der Waals surface area contributed by atoms with Gasteiger partial charge in [-0.05, 0) is 43.1 Å². The molecule has 0 aliphatic heterocycles. The van der Waals surface area contributed by atoms with Crippen LogP contribution in [0, 0.1) is 23.5 Å². The third kappa shape index (κ3) is 8.63. The molecule has 0 aromatic heterocycles. The first-order valence-corrected chi connectivity index (χ1v) is 14.1. The summed E-state index contributed by atoms with van der Waals surface area (Å²) in [7, 11) is 0. The fourth-order valence-electron chi connectivity index (χ4n) is 4.85. The van der Waals surface area contributed by atoms with Gasteiger partial charge in [-0.3, -0.25) is 9.69 Å². The van der Waals surface area contributed by atoms with Crippen molar-refractivity contribution in [2.75, 3.05) is 6.54 Å². The molecule has 7 heteroatoms. The quantitative estimate of drug-likeness (QED) is 0.157. The summed E-state index contributed by atoms with van der Waals surface area (Å²) < 4.78 is 40.5. The lowest BCUT2D eigenvalue weighted by molar-refractivity contribution is -0.143. The standard InChI is InChI=1S/C35H37F2NO4/c1-25(2)30(35(39)40)19-20-38(21-26-11-5-9-17-33(26)41-23-28-13-3-7-15-31(28)36)22-27-12-6-10-18-34(27)42-24-29-14-4-8-16-32(29)37/h3-18,25,30H,19-24H2,1-2H3,(H,39,40). The van der Waals surface area contributed by atoms with Crippen molar-refractivity contribution in [1.82, 2.24) is 4.90 Å². The maximum absolute atomic E-state index is 14.2. The van der Waals surface area contributed by atoms with E-state index in [1.807, 2.05) is 62.4 Å².